The molecule has 1 N–H and O–H groups in total. The van der Waals surface area contributed by atoms with Gasteiger partial charge in [-0.25, -0.2) is 4.98 Å². The summed E-state index contributed by atoms with van der Waals surface area (Å²) in [5, 5.41) is 2.25. The molecule has 3 nitrogen and oxygen atoms in total. The van der Waals surface area contributed by atoms with E-state index in [1.807, 2.05) is 6.92 Å². The number of halogens is 3. The molecule has 2 rings (SSSR count). The number of rotatable bonds is 4. The van der Waals surface area contributed by atoms with Crippen LogP contribution in [0.3, 0.4) is 0 Å². The largest absolute Gasteiger partial charge is 0.390 e. The molecule has 21 heavy (non-hydrogen) atoms. The van der Waals surface area contributed by atoms with Gasteiger partial charge in [0, 0.05) is 22.5 Å². The van der Waals surface area contributed by atoms with Gasteiger partial charge in [-0.2, -0.15) is 13.2 Å². The Morgan fingerprint density at radius 1 is 1.29 bits per heavy atom. The molecule has 1 amide bonds. The van der Waals surface area contributed by atoms with Crippen molar-refractivity contribution in [3.8, 4) is 11.3 Å². The molecule has 0 radical (unpaired) electrons. The molecule has 0 unspecified atom stereocenters. The first-order chi connectivity index (χ1) is 9.87. The molecular formula is C14H13F3N2OS. The Hall–Kier alpha value is -1.89. The van der Waals surface area contributed by atoms with E-state index in [1.54, 1.807) is 29.8 Å². The van der Waals surface area contributed by atoms with Crippen molar-refractivity contribution in [3.63, 3.8) is 0 Å². The number of thiazole rings is 1. The molecular weight excluding hydrogens is 301 g/mol. The number of aromatic nitrogens is 1. The molecule has 112 valence electrons. The van der Waals surface area contributed by atoms with Gasteiger partial charge in [0.25, 0.3) is 5.91 Å². The molecule has 0 fully saturated rings. The Morgan fingerprint density at radius 2 is 1.95 bits per heavy atom. The van der Waals surface area contributed by atoms with E-state index in [2.05, 4.69) is 10.3 Å². The van der Waals surface area contributed by atoms with Crippen LogP contribution >= 0.6 is 11.3 Å². The van der Waals surface area contributed by atoms with Crippen LogP contribution in [0.2, 0.25) is 0 Å². The third-order valence-corrected chi connectivity index (χ3v) is 3.62. The molecule has 0 aliphatic rings. The smallest absolute Gasteiger partial charge is 0.352 e. The highest BCUT2D eigenvalue weighted by Gasteiger charge is 2.26. The fourth-order valence-electron chi connectivity index (χ4n) is 1.78. The van der Waals surface area contributed by atoms with Crippen molar-refractivity contribution < 1.29 is 18.0 Å². The van der Waals surface area contributed by atoms with Gasteiger partial charge < -0.3 is 5.32 Å². The number of hydrogen-bond donors (Lipinski definition) is 1. The van der Waals surface area contributed by atoms with Crippen LogP contribution in [0.1, 0.15) is 21.7 Å². The van der Waals surface area contributed by atoms with E-state index in [-0.39, 0.29) is 0 Å². The zero-order chi connectivity index (χ0) is 15.5. The van der Waals surface area contributed by atoms with E-state index in [0.717, 1.165) is 16.1 Å². The zero-order valence-corrected chi connectivity index (χ0v) is 12.0. The molecule has 0 saturated heterocycles. The maximum Gasteiger partial charge on any atom is 0.390 e. The number of amides is 1. The van der Waals surface area contributed by atoms with E-state index in [4.69, 9.17) is 0 Å². The second-order valence-corrected chi connectivity index (χ2v) is 5.51. The van der Waals surface area contributed by atoms with Gasteiger partial charge in [0.1, 0.15) is 0 Å². The molecule has 0 aliphatic heterocycles. The van der Waals surface area contributed by atoms with E-state index in [1.165, 1.54) is 11.3 Å². The SMILES string of the molecule is Cc1scnc1-c1ccc(C(=O)NCCC(F)(F)F)cc1. The van der Waals surface area contributed by atoms with Crippen molar-refractivity contribution in [2.45, 2.75) is 19.5 Å². The van der Waals surface area contributed by atoms with Gasteiger partial charge in [-0.1, -0.05) is 12.1 Å². The van der Waals surface area contributed by atoms with Gasteiger partial charge in [-0.15, -0.1) is 11.3 Å². The summed E-state index contributed by atoms with van der Waals surface area (Å²) in [5.74, 6) is -0.513. The van der Waals surface area contributed by atoms with Gasteiger partial charge in [0.15, 0.2) is 0 Å². The molecule has 1 aromatic carbocycles. The molecule has 1 aromatic heterocycles. The van der Waals surface area contributed by atoms with Crippen molar-refractivity contribution in [2.24, 2.45) is 0 Å². The molecule has 0 spiro atoms. The Morgan fingerprint density at radius 3 is 2.48 bits per heavy atom. The standard InChI is InChI=1S/C14H13F3N2OS/c1-9-12(19-8-21-9)10-2-4-11(5-3-10)13(20)18-7-6-14(15,16)17/h2-5,8H,6-7H2,1H3,(H,18,20). The Balaban J connectivity index is 1.99. The minimum atomic E-state index is -4.26. The second-order valence-electron chi connectivity index (χ2n) is 4.46. The van der Waals surface area contributed by atoms with Crippen LogP contribution < -0.4 is 5.32 Å². The summed E-state index contributed by atoms with van der Waals surface area (Å²) in [6, 6.07) is 6.63. The van der Waals surface area contributed by atoms with Gasteiger partial charge in [-0.3, -0.25) is 4.79 Å². The molecule has 0 bridgehead atoms. The van der Waals surface area contributed by atoms with E-state index < -0.39 is 25.0 Å². The van der Waals surface area contributed by atoms with Gasteiger partial charge in [0.2, 0.25) is 0 Å². The lowest BCUT2D eigenvalue weighted by Gasteiger charge is -2.08. The summed E-state index contributed by atoms with van der Waals surface area (Å²) in [5.41, 5.74) is 3.79. The van der Waals surface area contributed by atoms with Crippen molar-refractivity contribution in [1.29, 1.82) is 0 Å². The van der Waals surface area contributed by atoms with Crippen LogP contribution in [-0.2, 0) is 0 Å². The third kappa shape index (κ3) is 4.29. The van der Waals surface area contributed by atoms with Crippen LogP contribution in [0.15, 0.2) is 29.8 Å². The highest BCUT2D eigenvalue weighted by Crippen LogP contribution is 2.24. The number of benzene rings is 1. The lowest BCUT2D eigenvalue weighted by molar-refractivity contribution is -0.132. The van der Waals surface area contributed by atoms with Crippen LogP contribution in [0.4, 0.5) is 13.2 Å². The summed E-state index contributed by atoms with van der Waals surface area (Å²) in [6.07, 6.45) is -5.30. The van der Waals surface area contributed by atoms with Crippen LogP contribution in [0, 0.1) is 6.92 Å². The Kier molecular flexibility index (Phi) is 4.62. The van der Waals surface area contributed by atoms with Gasteiger partial charge in [0.05, 0.1) is 17.6 Å². The van der Waals surface area contributed by atoms with Gasteiger partial charge >= 0.3 is 6.18 Å². The van der Waals surface area contributed by atoms with Crippen molar-refractivity contribution >= 4 is 17.2 Å². The van der Waals surface area contributed by atoms with Crippen molar-refractivity contribution in [3.05, 3.63) is 40.2 Å². The number of hydrogen-bond acceptors (Lipinski definition) is 3. The maximum absolute atomic E-state index is 12.0. The number of alkyl halides is 3. The summed E-state index contributed by atoms with van der Waals surface area (Å²) in [6.45, 7) is 1.53. The highest BCUT2D eigenvalue weighted by atomic mass is 32.1. The van der Waals surface area contributed by atoms with E-state index >= 15 is 0 Å². The first-order valence-electron chi connectivity index (χ1n) is 6.22. The van der Waals surface area contributed by atoms with Crippen LogP contribution in [0.5, 0.6) is 0 Å². The predicted octanol–water partition coefficient (Wildman–Crippen LogP) is 3.80. The summed E-state index contributed by atoms with van der Waals surface area (Å²) in [7, 11) is 0. The number of nitrogens with zero attached hydrogens (tertiary/aromatic N) is 1. The van der Waals surface area contributed by atoms with Crippen molar-refractivity contribution in [2.75, 3.05) is 6.54 Å². The number of aryl methyl sites for hydroxylation is 1. The average Bonchev–Trinajstić information content (AvgIpc) is 2.83. The fourth-order valence-corrected chi connectivity index (χ4v) is 2.38. The highest BCUT2D eigenvalue weighted by molar-refractivity contribution is 7.10. The normalized spacial score (nSPS) is 11.4. The maximum atomic E-state index is 12.0. The fraction of sp³-hybridized carbons (Fsp3) is 0.286. The number of carbonyl (C=O) groups is 1. The Bertz CT molecular complexity index is 620. The quantitative estimate of drug-likeness (QED) is 0.932. The predicted molar refractivity (Wildman–Crippen MR) is 75.3 cm³/mol. The lowest BCUT2D eigenvalue weighted by Crippen LogP contribution is -2.27. The molecule has 0 aliphatic carbocycles. The van der Waals surface area contributed by atoms with E-state index in [0.29, 0.717) is 5.56 Å². The monoisotopic (exact) mass is 314 g/mol. The number of carbonyl (C=O) groups excluding carboxylic acids is 1. The Labute approximate surface area is 123 Å². The van der Waals surface area contributed by atoms with Crippen LogP contribution in [-0.4, -0.2) is 23.6 Å². The summed E-state index contributed by atoms with van der Waals surface area (Å²) >= 11 is 1.53. The lowest BCUT2D eigenvalue weighted by atomic mass is 10.1. The molecule has 1 heterocycles. The average molecular weight is 314 g/mol. The second kappa shape index (κ2) is 6.26. The molecule has 0 atom stereocenters. The zero-order valence-electron chi connectivity index (χ0n) is 11.2. The third-order valence-electron chi connectivity index (χ3n) is 2.86. The minimum absolute atomic E-state index is 0.328. The van der Waals surface area contributed by atoms with Gasteiger partial charge in [-0.05, 0) is 19.1 Å². The van der Waals surface area contributed by atoms with E-state index in [9.17, 15) is 18.0 Å². The molecule has 7 heteroatoms. The topological polar surface area (TPSA) is 42.0 Å². The van der Waals surface area contributed by atoms with Crippen molar-refractivity contribution in [1.82, 2.24) is 10.3 Å². The van der Waals surface area contributed by atoms with Crippen LogP contribution in [0.25, 0.3) is 11.3 Å². The molecule has 2 aromatic rings. The minimum Gasteiger partial charge on any atom is -0.352 e. The summed E-state index contributed by atoms with van der Waals surface area (Å²) in [4.78, 5) is 17.0. The molecule has 0 saturated carbocycles. The summed E-state index contributed by atoms with van der Waals surface area (Å²) < 4.78 is 36.0. The first-order valence-corrected chi connectivity index (χ1v) is 7.10. The first kappa shape index (κ1) is 15.5. The number of nitrogens with one attached hydrogen (secondary N) is 1.